The SMILES string of the molecule is Cc1ccc([C@@H](c2ccc3c(nnn3C)c2C)C(C)(C)C(=O)[O-])cc1Cn1ccnc1CN1CCCCCC1. The largest absolute Gasteiger partial charge is 0.550 e. The Morgan fingerprint density at radius 3 is 2.51 bits per heavy atom. The molecular formula is C31H39N6O2-. The lowest BCUT2D eigenvalue weighted by atomic mass is 9.69. The van der Waals surface area contributed by atoms with Crippen LogP contribution in [0.4, 0.5) is 0 Å². The molecule has 1 atom stereocenters. The van der Waals surface area contributed by atoms with Crippen LogP contribution in [0.1, 0.15) is 79.1 Å². The highest BCUT2D eigenvalue weighted by Gasteiger charge is 2.35. The number of aromatic nitrogens is 5. The van der Waals surface area contributed by atoms with Crippen molar-refractivity contribution in [2.75, 3.05) is 13.1 Å². The first-order valence-corrected chi connectivity index (χ1v) is 14.0. The number of rotatable bonds is 8. The number of hydrogen-bond donors (Lipinski definition) is 0. The fourth-order valence-electron chi connectivity index (χ4n) is 6.02. The fourth-order valence-corrected chi connectivity index (χ4v) is 6.02. The van der Waals surface area contributed by atoms with Gasteiger partial charge in [0.1, 0.15) is 11.3 Å². The minimum atomic E-state index is -1.15. The third kappa shape index (κ3) is 5.35. The number of likely N-dealkylation sites (tertiary alicyclic amines) is 1. The van der Waals surface area contributed by atoms with E-state index in [0.717, 1.165) is 58.7 Å². The third-order valence-corrected chi connectivity index (χ3v) is 8.55. The Bertz CT molecular complexity index is 1480. The van der Waals surface area contributed by atoms with E-state index in [9.17, 15) is 9.90 Å². The van der Waals surface area contributed by atoms with Gasteiger partial charge in [-0.2, -0.15) is 0 Å². The predicted molar refractivity (Wildman–Crippen MR) is 150 cm³/mol. The number of aryl methyl sites for hydroxylation is 3. The summed E-state index contributed by atoms with van der Waals surface area (Å²) < 4.78 is 3.97. The molecule has 4 aromatic rings. The summed E-state index contributed by atoms with van der Waals surface area (Å²) in [4.78, 5) is 19.7. The summed E-state index contributed by atoms with van der Waals surface area (Å²) in [5, 5.41) is 21.0. The number of aliphatic carboxylic acids is 1. The van der Waals surface area contributed by atoms with Crippen molar-refractivity contribution in [1.29, 1.82) is 0 Å². The summed E-state index contributed by atoms with van der Waals surface area (Å²) in [6.45, 7) is 11.4. The minimum absolute atomic E-state index is 0.424. The number of carbonyl (C=O) groups excluding carboxylic acids is 1. The van der Waals surface area contributed by atoms with Crippen molar-refractivity contribution in [1.82, 2.24) is 29.4 Å². The normalized spacial score (nSPS) is 15.9. The van der Waals surface area contributed by atoms with Gasteiger partial charge in [-0.25, -0.2) is 9.67 Å². The van der Waals surface area contributed by atoms with Crippen molar-refractivity contribution in [2.24, 2.45) is 12.5 Å². The van der Waals surface area contributed by atoms with Crippen molar-refractivity contribution >= 4 is 17.0 Å². The van der Waals surface area contributed by atoms with Crippen LogP contribution >= 0.6 is 0 Å². The third-order valence-electron chi connectivity index (χ3n) is 8.55. The number of nitrogens with zero attached hydrogens (tertiary/aromatic N) is 6. The Hall–Kier alpha value is -3.52. The zero-order valence-corrected chi connectivity index (χ0v) is 23.8. The second kappa shape index (κ2) is 10.9. The van der Waals surface area contributed by atoms with Crippen molar-refractivity contribution < 1.29 is 9.90 Å². The Balaban J connectivity index is 1.52. The Morgan fingerprint density at radius 2 is 1.79 bits per heavy atom. The van der Waals surface area contributed by atoms with Crippen LogP contribution in [0.25, 0.3) is 11.0 Å². The first kappa shape index (κ1) is 27.1. The van der Waals surface area contributed by atoms with Gasteiger partial charge in [0.25, 0.3) is 0 Å². The van der Waals surface area contributed by atoms with Crippen molar-refractivity contribution in [3.05, 3.63) is 76.4 Å². The van der Waals surface area contributed by atoms with Crippen molar-refractivity contribution in [3.8, 4) is 0 Å². The Kier molecular flexibility index (Phi) is 7.58. The minimum Gasteiger partial charge on any atom is -0.550 e. The second-order valence-corrected chi connectivity index (χ2v) is 11.7. The van der Waals surface area contributed by atoms with Gasteiger partial charge < -0.3 is 14.5 Å². The highest BCUT2D eigenvalue weighted by atomic mass is 16.4. The first-order valence-electron chi connectivity index (χ1n) is 14.0. The summed E-state index contributed by atoms with van der Waals surface area (Å²) >= 11 is 0. The van der Waals surface area contributed by atoms with Crippen molar-refractivity contribution in [2.45, 2.75) is 72.4 Å². The standard InChI is InChI=1S/C31H40N6O2/c1-21-10-11-23(18-24(21)19-37-17-14-32-27(37)20-36-15-8-6-7-9-16-36)28(31(3,4)30(38)39)25-12-13-26-29(22(25)2)33-34-35(26)5/h10-14,17-18,28H,6-9,15-16,19-20H2,1-5H3,(H,38,39)/p-1/t28-/m0/s1. The van der Waals surface area contributed by atoms with Gasteiger partial charge in [0, 0.05) is 43.3 Å². The van der Waals surface area contributed by atoms with Crippen LogP contribution in [0, 0.1) is 19.3 Å². The summed E-state index contributed by atoms with van der Waals surface area (Å²) in [6.07, 6.45) is 9.05. The summed E-state index contributed by atoms with van der Waals surface area (Å²) in [5.74, 6) is -0.438. The van der Waals surface area contributed by atoms with Crippen LogP contribution in [-0.4, -0.2) is 48.5 Å². The molecule has 0 N–H and O–H groups in total. The van der Waals surface area contributed by atoms with Crippen LogP contribution in [-0.2, 0) is 24.9 Å². The molecule has 39 heavy (non-hydrogen) atoms. The van der Waals surface area contributed by atoms with Gasteiger partial charge in [0.15, 0.2) is 0 Å². The molecule has 1 aliphatic rings. The van der Waals surface area contributed by atoms with E-state index in [2.05, 4.69) is 44.9 Å². The summed E-state index contributed by atoms with van der Waals surface area (Å²) in [6, 6.07) is 10.3. The number of carboxylic acids is 1. The van der Waals surface area contributed by atoms with Gasteiger partial charge in [-0.3, -0.25) is 4.90 Å². The highest BCUT2D eigenvalue weighted by Crippen LogP contribution is 2.43. The molecule has 1 saturated heterocycles. The average molecular weight is 528 g/mol. The molecule has 0 aliphatic carbocycles. The molecule has 0 amide bonds. The van der Waals surface area contributed by atoms with E-state index < -0.39 is 17.3 Å². The molecule has 2 aromatic heterocycles. The maximum Gasteiger partial charge on any atom is 0.123 e. The maximum atomic E-state index is 12.5. The molecule has 206 valence electrons. The van der Waals surface area contributed by atoms with Crippen LogP contribution in [0.2, 0.25) is 0 Å². The Morgan fingerprint density at radius 1 is 1.05 bits per heavy atom. The molecule has 0 unspecified atom stereocenters. The van der Waals surface area contributed by atoms with Gasteiger partial charge in [0.2, 0.25) is 0 Å². The number of fused-ring (bicyclic) bond motifs is 1. The van der Waals surface area contributed by atoms with Gasteiger partial charge in [-0.15, -0.1) is 5.10 Å². The number of hydrogen-bond acceptors (Lipinski definition) is 6. The molecular weight excluding hydrogens is 488 g/mol. The lowest BCUT2D eigenvalue weighted by Gasteiger charge is -2.37. The van der Waals surface area contributed by atoms with Crippen LogP contribution in [0.15, 0.2) is 42.7 Å². The number of carboxylic acid groups (broad SMARTS) is 1. The van der Waals surface area contributed by atoms with Crippen LogP contribution in [0.5, 0.6) is 0 Å². The number of imidazole rings is 1. The van der Waals surface area contributed by atoms with Crippen LogP contribution < -0.4 is 5.11 Å². The molecule has 3 heterocycles. The second-order valence-electron chi connectivity index (χ2n) is 11.7. The van der Waals surface area contributed by atoms with E-state index in [1.54, 1.807) is 18.5 Å². The molecule has 5 rings (SSSR count). The highest BCUT2D eigenvalue weighted by molar-refractivity contribution is 5.81. The number of carbonyl (C=O) groups is 1. The quantitative estimate of drug-likeness (QED) is 0.342. The molecule has 0 radical (unpaired) electrons. The van der Waals surface area contributed by atoms with E-state index in [1.807, 2.05) is 38.5 Å². The lowest BCUT2D eigenvalue weighted by molar-refractivity contribution is -0.318. The molecule has 0 spiro atoms. The van der Waals surface area contributed by atoms with Crippen molar-refractivity contribution in [3.63, 3.8) is 0 Å². The van der Waals surface area contributed by atoms with Gasteiger partial charge in [-0.05, 0) is 73.7 Å². The van der Waals surface area contributed by atoms with E-state index in [0.29, 0.717) is 6.54 Å². The first-order chi connectivity index (χ1) is 18.7. The zero-order valence-electron chi connectivity index (χ0n) is 23.8. The lowest BCUT2D eigenvalue weighted by Crippen LogP contribution is -2.42. The summed E-state index contributed by atoms with van der Waals surface area (Å²) in [5.41, 5.74) is 5.69. The topological polar surface area (TPSA) is 91.9 Å². The summed E-state index contributed by atoms with van der Waals surface area (Å²) in [7, 11) is 1.86. The Labute approximate surface area is 230 Å². The maximum absolute atomic E-state index is 12.5. The van der Waals surface area contributed by atoms with E-state index in [1.165, 1.54) is 31.2 Å². The smallest absolute Gasteiger partial charge is 0.123 e. The molecule has 1 aliphatic heterocycles. The monoisotopic (exact) mass is 527 g/mol. The van der Waals surface area contributed by atoms with Gasteiger partial charge >= 0.3 is 0 Å². The molecule has 0 bridgehead atoms. The van der Waals surface area contributed by atoms with Gasteiger partial charge in [-0.1, -0.05) is 56.2 Å². The molecule has 0 saturated carbocycles. The van der Waals surface area contributed by atoms with E-state index in [-0.39, 0.29) is 0 Å². The average Bonchev–Trinajstić information content (AvgIpc) is 3.40. The van der Waals surface area contributed by atoms with Gasteiger partial charge in [0.05, 0.1) is 12.1 Å². The van der Waals surface area contributed by atoms with E-state index in [4.69, 9.17) is 4.98 Å². The predicted octanol–water partition coefficient (Wildman–Crippen LogP) is 4.11. The fraction of sp³-hybridized carbons (Fsp3) is 0.484. The molecule has 1 fully saturated rings. The van der Waals surface area contributed by atoms with E-state index >= 15 is 0 Å². The molecule has 8 heteroatoms. The van der Waals surface area contributed by atoms with Crippen LogP contribution in [0.3, 0.4) is 0 Å². The zero-order chi connectivity index (χ0) is 27.7. The molecule has 2 aromatic carbocycles. The number of benzene rings is 2. The molecule has 8 nitrogen and oxygen atoms in total.